The zero-order valence-electron chi connectivity index (χ0n) is 18.1. The Morgan fingerprint density at radius 1 is 1.00 bits per heavy atom. The third-order valence-corrected chi connectivity index (χ3v) is 7.24. The van der Waals surface area contributed by atoms with Crippen molar-refractivity contribution < 1.29 is 18.3 Å². The van der Waals surface area contributed by atoms with Crippen molar-refractivity contribution in [3.05, 3.63) is 35.4 Å². The third-order valence-electron chi connectivity index (χ3n) is 7.24. The van der Waals surface area contributed by atoms with Crippen LogP contribution in [0.3, 0.4) is 0 Å². The average molecular weight is 435 g/mol. The molecular formula is C25H33F3N2O. The van der Waals surface area contributed by atoms with Gasteiger partial charge in [-0.25, -0.2) is 0 Å². The number of alkyl halides is 3. The van der Waals surface area contributed by atoms with Crippen molar-refractivity contribution in [1.29, 1.82) is 0 Å². The van der Waals surface area contributed by atoms with Gasteiger partial charge in [0.25, 0.3) is 0 Å². The fourth-order valence-electron chi connectivity index (χ4n) is 5.54. The van der Waals surface area contributed by atoms with Crippen molar-refractivity contribution in [2.75, 3.05) is 32.8 Å². The van der Waals surface area contributed by atoms with E-state index >= 15 is 0 Å². The maximum atomic E-state index is 12.8. The van der Waals surface area contributed by atoms with Crippen molar-refractivity contribution in [3.8, 4) is 11.8 Å². The lowest BCUT2D eigenvalue weighted by molar-refractivity contribution is -0.140. The minimum Gasteiger partial charge on any atom is -0.395 e. The van der Waals surface area contributed by atoms with Crippen molar-refractivity contribution in [1.82, 2.24) is 9.80 Å². The van der Waals surface area contributed by atoms with Crippen LogP contribution in [0.4, 0.5) is 13.2 Å². The SMILES string of the molecule is OC[C@H]1[C@@H](c2ccc(C#CC3CCCC3)cc2)[C@@H]2CN(CCC(F)(F)F)CCCCN12. The Balaban J connectivity index is 1.45. The van der Waals surface area contributed by atoms with Gasteiger partial charge in [0.05, 0.1) is 13.0 Å². The van der Waals surface area contributed by atoms with Crippen LogP contribution in [0.25, 0.3) is 0 Å². The number of hydrogen-bond acceptors (Lipinski definition) is 3. The number of aliphatic hydroxyl groups is 1. The second-order valence-corrected chi connectivity index (χ2v) is 9.33. The summed E-state index contributed by atoms with van der Waals surface area (Å²) in [6, 6.07) is 8.51. The molecule has 0 unspecified atom stereocenters. The number of benzene rings is 1. The van der Waals surface area contributed by atoms with Crippen molar-refractivity contribution in [3.63, 3.8) is 0 Å². The minimum atomic E-state index is -4.12. The van der Waals surface area contributed by atoms with Crippen LogP contribution in [0.1, 0.15) is 62.0 Å². The molecule has 1 aromatic rings. The molecule has 3 fully saturated rings. The van der Waals surface area contributed by atoms with Gasteiger partial charge in [-0.05, 0) is 56.5 Å². The Morgan fingerprint density at radius 3 is 2.39 bits per heavy atom. The predicted molar refractivity (Wildman–Crippen MR) is 116 cm³/mol. The molecule has 0 bridgehead atoms. The molecule has 4 rings (SSSR count). The first-order chi connectivity index (χ1) is 14.9. The van der Waals surface area contributed by atoms with Crippen molar-refractivity contribution in [2.24, 2.45) is 5.92 Å². The van der Waals surface area contributed by atoms with Crippen LogP contribution < -0.4 is 0 Å². The van der Waals surface area contributed by atoms with Gasteiger partial charge in [-0.3, -0.25) is 4.90 Å². The smallest absolute Gasteiger partial charge is 0.390 e. The molecule has 2 aliphatic heterocycles. The van der Waals surface area contributed by atoms with Crippen LogP contribution in [0.2, 0.25) is 0 Å². The summed E-state index contributed by atoms with van der Waals surface area (Å²) in [6.07, 6.45) is 1.94. The molecule has 3 atom stereocenters. The number of rotatable bonds is 4. The highest BCUT2D eigenvalue weighted by Gasteiger charge is 2.49. The second-order valence-electron chi connectivity index (χ2n) is 9.33. The van der Waals surface area contributed by atoms with E-state index in [1.54, 1.807) is 0 Å². The van der Waals surface area contributed by atoms with E-state index in [9.17, 15) is 18.3 Å². The van der Waals surface area contributed by atoms with E-state index in [2.05, 4.69) is 41.0 Å². The van der Waals surface area contributed by atoms with Crippen LogP contribution in [0.15, 0.2) is 24.3 Å². The summed E-state index contributed by atoms with van der Waals surface area (Å²) in [5.74, 6) is 7.36. The maximum absolute atomic E-state index is 12.8. The van der Waals surface area contributed by atoms with E-state index in [1.807, 2.05) is 4.90 Å². The Labute approximate surface area is 183 Å². The molecule has 1 aromatic carbocycles. The van der Waals surface area contributed by atoms with E-state index in [1.165, 1.54) is 25.7 Å². The summed E-state index contributed by atoms with van der Waals surface area (Å²) in [5.41, 5.74) is 2.17. The molecule has 2 saturated heterocycles. The largest absolute Gasteiger partial charge is 0.395 e. The van der Waals surface area contributed by atoms with Gasteiger partial charge < -0.3 is 10.0 Å². The van der Waals surface area contributed by atoms with Crippen molar-refractivity contribution in [2.45, 2.75) is 69.1 Å². The fourth-order valence-corrected chi connectivity index (χ4v) is 5.54. The molecular weight excluding hydrogens is 401 g/mol. The standard InChI is InChI=1S/C25H33F3N2O/c26-25(27,28)13-16-29-14-3-4-15-30-22(17-29)24(23(30)18-31)21-11-9-20(10-12-21)8-7-19-5-1-2-6-19/h9-12,19,22-24,31H,1-6,13-18H2/t22-,23-,24-/m0/s1. The van der Waals surface area contributed by atoms with Gasteiger partial charge in [-0.1, -0.05) is 36.8 Å². The molecule has 3 nitrogen and oxygen atoms in total. The number of aliphatic hydroxyl groups excluding tert-OH is 1. The van der Waals surface area contributed by atoms with Gasteiger partial charge in [0.15, 0.2) is 0 Å². The zero-order valence-corrected chi connectivity index (χ0v) is 18.1. The lowest BCUT2D eigenvalue weighted by Gasteiger charge is -2.57. The first kappa shape index (κ1) is 22.6. The monoisotopic (exact) mass is 434 g/mol. The highest BCUT2D eigenvalue weighted by molar-refractivity contribution is 5.39. The molecule has 1 aliphatic carbocycles. The highest BCUT2D eigenvalue weighted by Crippen LogP contribution is 2.42. The van der Waals surface area contributed by atoms with Crippen LogP contribution in [0, 0.1) is 17.8 Å². The van der Waals surface area contributed by atoms with Crippen molar-refractivity contribution >= 4 is 0 Å². The van der Waals surface area contributed by atoms with E-state index in [-0.39, 0.29) is 31.2 Å². The molecule has 0 aromatic heterocycles. The number of nitrogens with zero attached hydrogens (tertiary/aromatic N) is 2. The molecule has 170 valence electrons. The second kappa shape index (κ2) is 9.94. The van der Waals surface area contributed by atoms with Crippen LogP contribution in [0.5, 0.6) is 0 Å². The number of hydrogen-bond donors (Lipinski definition) is 1. The average Bonchev–Trinajstić information content (AvgIpc) is 3.24. The van der Waals surface area contributed by atoms with E-state index in [0.29, 0.717) is 19.0 Å². The first-order valence-electron chi connectivity index (χ1n) is 11.7. The predicted octanol–water partition coefficient (Wildman–Crippen LogP) is 4.41. The van der Waals surface area contributed by atoms with Crippen LogP contribution in [-0.4, -0.2) is 66.0 Å². The summed E-state index contributed by atoms with van der Waals surface area (Å²) in [4.78, 5) is 4.27. The normalized spacial score (nSPS) is 28.2. The molecule has 3 aliphatic rings. The summed E-state index contributed by atoms with van der Waals surface area (Å²) in [5, 5.41) is 10.0. The Hall–Kier alpha value is -1.55. The van der Waals surface area contributed by atoms with Gasteiger partial charge in [-0.15, -0.1) is 0 Å². The molecule has 0 radical (unpaired) electrons. The number of halogens is 3. The lowest BCUT2D eigenvalue weighted by atomic mass is 9.74. The summed E-state index contributed by atoms with van der Waals surface area (Å²) in [6.45, 7) is 2.38. The van der Waals surface area contributed by atoms with Gasteiger partial charge >= 0.3 is 6.18 Å². The molecule has 2 heterocycles. The minimum absolute atomic E-state index is 0.0444. The molecule has 0 spiro atoms. The van der Waals surface area contributed by atoms with Gasteiger partial charge in [-0.2, -0.15) is 13.2 Å². The lowest BCUT2D eigenvalue weighted by Crippen LogP contribution is -2.67. The van der Waals surface area contributed by atoms with Gasteiger partial charge in [0.2, 0.25) is 0 Å². The van der Waals surface area contributed by atoms with Gasteiger partial charge in [0.1, 0.15) is 0 Å². The van der Waals surface area contributed by atoms with Crippen LogP contribution >= 0.6 is 0 Å². The summed E-state index contributed by atoms with van der Waals surface area (Å²) < 4.78 is 38.3. The number of fused-ring (bicyclic) bond motifs is 1. The first-order valence-corrected chi connectivity index (χ1v) is 11.7. The molecule has 1 N–H and O–H groups in total. The van der Waals surface area contributed by atoms with E-state index < -0.39 is 12.6 Å². The molecule has 6 heteroatoms. The zero-order chi connectivity index (χ0) is 21.8. The Kier molecular flexibility index (Phi) is 7.26. The molecule has 1 saturated carbocycles. The molecule has 0 amide bonds. The topological polar surface area (TPSA) is 26.7 Å². The Morgan fingerprint density at radius 2 is 1.71 bits per heavy atom. The summed E-state index contributed by atoms with van der Waals surface area (Å²) in [7, 11) is 0. The fraction of sp³-hybridized carbons (Fsp3) is 0.680. The van der Waals surface area contributed by atoms with E-state index in [4.69, 9.17) is 0 Å². The van der Waals surface area contributed by atoms with E-state index in [0.717, 1.165) is 30.5 Å². The van der Waals surface area contributed by atoms with Crippen LogP contribution in [-0.2, 0) is 0 Å². The molecule has 31 heavy (non-hydrogen) atoms. The Bertz CT molecular complexity index is 777. The van der Waals surface area contributed by atoms with Gasteiger partial charge in [0, 0.05) is 42.6 Å². The third kappa shape index (κ3) is 5.63. The highest BCUT2D eigenvalue weighted by atomic mass is 19.4. The summed E-state index contributed by atoms with van der Waals surface area (Å²) >= 11 is 0. The maximum Gasteiger partial charge on any atom is 0.390 e. The quantitative estimate of drug-likeness (QED) is 0.712.